The summed E-state index contributed by atoms with van der Waals surface area (Å²) in [5, 5.41) is 134. The van der Waals surface area contributed by atoms with Gasteiger partial charge in [-0.15, -0.1) is 0 Å². The monoisotopic (exact) mass is 824 g/mol. The Kier molecular flexibility index (Phi) is 59.5. The fourth-order valence-electron chi connectivity index (χ4n) is 1.94. The van der Waals surface area contributed by atoms with Gasteiger partial charge in [0.1, 0.15) is 0 Å². The first-order valence-electron chi connectivity index (χ1n) is 16.8. The van der Waals surface area contributed by atoms with E-state index < -0.39 is 45.5 Å². The molecule has 0 aromatic rings. The topological polar surface area (TPSA) is 392 Å². The van der Waals surface area contributed by atoms with E-state index in [1.807, 2.05) is 27.7 Å². The van der Waals surface area contributed by atoms with Gasteiger partial charge in [0.2, 0.25) is 0 Å². The van der Waals surface area contributed by atoms with Gasteiger partial charge in [0.05, 0.1) is 79.3 Å². The van der Waals surface area contributed by atoms with Crippen molar-refractivity contribution < 1.29 is 101 Å². The Morgan fingerprint density at radius 1 is 0.321 bits per heavy atom. The predicted octanol–water partition coefficient (Wildman–Crippen LogP) is -1.53. The molecule has 0 aliphatic rings. The van der Waals surface area contributed by atoms with Crippen molar-refractivity contribution in [2.75, 3.05) is 79.3 Å². The molecule has 0 aliphatic carbocycles. The van der Waals surface area contributed by atoms with Crippen molar-refractivity contribution in [3.8, 4) is 0 Å². The summed E-state index contributed by atoms with van der Waals surface area (Å²) in [4.78, 5) is 37.0. The predicted molar refractivity (Wildman–Crippen MR) is 207 cm³/mol. The van der Waals surface area contributed by atoms with Crippen LogP contribution in [0.25, 0.3) is 0 Å². The normalized spacial score (nSPS) is 10.0. The highest BCUT2D eigenvalue weighted by Gasteiger charge is 2.27. The number of aliphatic hydroxyl groups excluding tert-OH is 12. The molecule has 0 fully saturated rings. The standard InChI is InChI=1S/4C6H14O3.4C3H4O2/c4*1-2-6(3-7,4-8)5-9;4*1-2-3(4)5/h4*7-9H,2-5H2,1H3;4*2H,1H2,(H,4,5). The van der Waals surface area contributed by atoms with E-state index >= 15 is 0 Å². The van der Waals surface area contributed by atoms with Crippen molar-refractivity contribution in [1.82, 2.24) is 0 Å². The molecule has 0 unspecified atom stereocenters. The van der Waals surface area contributed by atoms with Crippen LogP contribution in [0.2, 0.25) is 0 Å². The number of aliphatic hydroxyl groups is 12. The van der Waals surface area contributed by atoms with Crippen LogP contribution in [0.15, 0.2) is 50.6 Å². The van der Waals surface area contributed by atoms with Gasteiger partial charge in [-0.25, -0.2) is 19.2 Å². The molecule has 0 bridgehead atoms. The number of rotatable bonds is 20. The van der Waals surface area contributed by atoms with Crippen LogP contribution in [-0.4, -0.2) is 185 Å². The quantitative estimate of drug-likeness (QED) is 0.0619. The summed E-state index contributed by atoms with van der Waals surface area (Å²) in [5.74, 6) is -3.93. The maximum atomic E-state index is 9.25. The third kappa shape index (κ3) is 44.8. The lowest BCUT2D eigenvalue weighted by Gasteiger charge is -2.24. The molecule has 336 valence electrons. The Labute approximate surface area is 329 Å². The van der Waals surface area contributed by atoms with Crippen molar-refractivity contribution >= 4 is 23.9 Å². The molecule has 0 radical (unpaired) electrons. The molecule has 0 aromatic heterocycles. The third-order valence-corrected chi connectivity index (χ3v) is 7.72. The number of hydrogen-bond acceptors (Lipinski definition) is 16. The number of carboxylic acid groups (broad SMARTS) is 4. The lowest BCUT2D eigenvalue weighted by atomic mass is 9.88. The minimum absolute atomic E-state index is 0.156. The summed E-state index contributed by atoms with van der Waals surface area (Å²) < 4.78 is 0. The van der Waals surface area contributed by atoms with Crippen molar-refractivity contribution in [3.05, 3.63) is 50.6 Å². The average molecular weight is 825 g/mol. The third-order valence-electron chi connectivity index (χ3n) is 7.72. The fourth-order valence-corrected chi connectivity index (χ4v) is 1.94. The first-order chi connectivity index (χ1) is 26.1. The molecule has 20 heteroatoms. The van der Waals surface area contributed by atoms with Gasteiger partial charge >= 0.3 is 23.9 Å². The number of carbonyl (C=O) groups is 4. The van der Waals surface area contributed by atoms with E-state index in [0.717, 1.165) is 24.3 Å². The van der Waals surface area contributed by atoms with E-state index in [1.54, 1.807) is 0 Å². The Morgan fingerprint density at radius 3 is 0.393 bits per heavy atom. The van der Waals surface area contributed by atoms with Crippen LogP contribution in [0.4, 0.5) is 0 Å². The summed E-state index contributed by atoms with van der Waals surface area (Å²) in [6, 6.07) is 0. The molecule has 0 heterocycles. The molecule has 20 nitrogen and oxygen atoms in total. The van der Waals surface area contributed by atoms with Gasteiger partial charge in [-0.1, -0.05) is 54.0 Å². The van der Waals surface area contributed by atoms with E-state index in [1.165, 1.54) is 0 Å². The van der Waals surface area contributed by atoms with Gasteiger partial charge in [-0.2, -0.15) is 0 Å². The fraction of sp³-hybridized carbons (Fsp3) is 0.667. The summed E-state index contributed by atoms with van der Waals surface area (Å²) in [7, 11) is 0. The Balaban J connectivity index is -0.0000000796. The molecular weight excluding hydrogens is 752 g/mol. The second-order valence-electron chi connectivity index (χ2n) is 11.5. The first-order valence-corrected chi connectivity index (χ1v) is 16.8. The maximum Gasteiger partial charge on any atom is 0.327 e. The summed E-state index contributed by atoms with van der Waals surface area (Å²) in [6.07, 6.45) is 5.71. The van der Waals surface area contributed by atoms with E-state index in [4.69, 9.17) is 81.7 Å². The van der Waals surface area contributed by atoms with Gasteiger partial charge in [0, 0.05) is 46.0 Å². The molecule has 16 N–H and O–H groups in total. The molecule has 56 heavy (non-hydrogen) atoms. The highest BCUT2D eigenvalue weighted by molar-refractivity contribution is 5.79. The lowest BCUT2D eigenvalue weighted by Crippen LogP contribution is -2.32. The van der Waals surface area contributed by atoms with E-state index in [2.05, 4.69) is 26.3 Å². The highest BCUT2D eigenvalue weighted by Crippen LogP contribution is 2.20. The second kappa shape index (κ2) is 47.5. The molecule has 0 atom stereocenters. The van der Waals surface area contributed by atoms with Gasteiger partial charge in [0.15, 0.2) is 0 Å². The summed E-state index contributed by atoms with van der Waals surface area (Å²) >= 11 is 0. The van der Waals surface area contributed by atoms with Crippen LogP contribution in [-0.2, 0) is 19.2 Å². The smallest absolute Gasteiger partial charge is 0.327 e. The largest absolute Gasteiger partial charge is 0.478 e. The molecular formula is C36H72O20. The summed E-state index contributed by atoms with van der Waals surface area (Å²) in [6.45, 7) is 17.3. The highest BCUT2D eigenvalue weighted by atomic mass is 16.4. The minimum Gasteiger partial charge on any atom is -0.478 e. The van der Waals surface area contributed by atoms with Gasteiger partial charge < -0.3 is 81.7 Å². The van der Waals surface area contributed by atoms with Crippen LogP contribution in [0.5, 0.6) is 0 Å². The molecule has 0 amide bonds. The van der Waals surface area contributed by atoms with Crippen molar-refractivity contribution in [1.29, 1.82) is 0 Å². The average Bonchev–Trinajstić information content (AvgIpc) is 3.23. The number of carboxylic acids is 4. The van der Waals surface area contributed by atoms with E-state index in [9.17, 15) is 19.2 Å². The Morgan fingerprint density at radius 2 is 0.393 bits per heavy atom. The second-order valence-corrected chi connectivity index (χ2v) is 11.5. The molecule has 0 rings (SSSR count). The van der Waals surface area contributed by atoms with Crippen LogP contribution >= 0.6 is 0 Å². The van der Waals surface area contributed by atoms with Gasteiger partial charge in [-0.3, -0.25) is 0 Å². The summed E-state index contributed by atoms with van der Waals surface area (Å²) in [5.41, 5.74) is -2.67. The molecule has 0 saturated heterocycles. The van der Waals surface area contributed by atoms with Gasteiger partial charge in [0.25, 0.3) is 0 Å². The molecule has 0 aromatic carbocycles. The Bertz CT molecular complexity index is 732. The number of aliphatic carboxylic acids is 4. The maximum absolute atomic E-state index is 9.25. The SMILES string of the molecule is C=CC(=O)O.C=CC(=O)O.C=CC(=O)O.C=CC(=O)O.CCC(CO)(CO)CO.CCC(CO)(CO)CO.CCC(CO)(CO)CO.CCC(CO)(CO)CO. The minimum atomic E-state index is -0.981. The van der Waals surface area contributed by atoms with Crippen molar-refractivity contribution in [2.45, 2.75) is 53.4 Å². The lowest BCUT2D eigenvalue weighted by molar-refractivity contribution is -0.132. The van der Waals surface area contributed by atoms with Crippen LogP contribution in [0, 0.1) is 21.7 Å². The van der Waals surface area contributed by atoms with Gasteiger partial charge in [-0.05, 0) is 25.7 Å². The van der Waals surface area contributed by atoms with E-state index in [-0.39, 0.29) is 79.3 Å². The molecule has 0 spiro atoms. The zero-order valence-electron chi connectivity index (χ0n) is 33.2. The van der Waals surface area contributed by atoms with Crippen molar-refractivity contribution in [3.63, 3.8) is 0 Å². The van der Waals surface area contributed by atoms with Crippen LogP contribution < -0.4 is 0 Å². The zero-order valence-corrected chi connectivity index (χ0v) is 33.2. The van der Waals surface area contributed by atoms with Crippen LogP contribution in [0.3, 0.4) is 0 Å². The number of hydrogen-bond donors (Lipinski definition) is 16. The van der Waals surface area contributed by atoms with E-state index in [0.29, 0.717) is 25.7 Å². The van der Waals surface area contributed by atoms with Crippen molar-refractivity contribution in [2.24, 2.45) is 21.7 Å². The van der Waals surface area contributed by atoms with Crippen LogP contribution in [0.1, 0.15) is 53.4 Å². The first kappa shape index (κ1) is 70.2. The molecule has 0 aliphatic heterocycles. The Hall–Kier alpha value is -3.64. The molecule has 0 saturated carbocycles. The zero-order chi connectivity index (χ0) is 46.5.